The molecule has 0 saturated heterocycles. The first-order chi connectivity index (χ1) is 13.9. The number of pyridine rings is 1. The van der Waals surface area contributed by atoms with Gasteiger partial charge in [0.05, 0.1) is 41.0 Å². The van der Waals surface area contributed by atoms with Gasteiger partial charge < -0.3 is 15.2 Å². The summed E-state index contributed by atoms with van der Waals surface area (Å²) in [5, 5.41) is 26.0. The van der Waals surface area contributed by atoms with Crippen molar-refractivity contribution in [3.05, 3.63) is 57.9 Å². The lowest BCUT2D eigenvalue weighted by atomic mass is 9.79. The maximum absolute atomic E-state index is 12.8. The number of rotatable bonds is 5. The normalized spacial score (nSPS) is 15.0. The first-order valence-corrected chi connectivity index (χ1v) is 8.92. The van der Waals surface area contributed by atoms with Gasteiger partial charge in [0.25, 0.3) is 5.91 Å². The predicted molar refractivity (Wildman–Crippen MR) is 104 cm³/mol. The highest BCUT2D eigenvalue weighted by molar-refractivity contribution is 5.99. The van der Waals surface area contributed by atoms with Crippen LogP contribution in [0.4, 0.5) is 5.69 Å². The standard InChI is InChI=1S/C20H20N6O3/c1-4-29-20-17-16(13-6-5-12(8-21)7-14(13)27)15(19(28)25-26-22)11(3)24-18(17)10(2)9-23-20/h5-7,9,16,24,27H,4H2,1-3H3,(H2,22,25,28). The second kappa shape index (κ2) is 7.98. The van der Waals surface area contributed by atoms with Gasteiger partial charge in [-0.15, -0.1) is 0 Å². The third-order valence-corrected chi connectivity index (χ3v) is 4.72. The zero-order valence-corrected chi connectivity index (χ0v) is 16.2. The second-order valence-corrected chi connectivity index (χ2v) is 6.50. The Hall–Kier alpha value is -3.93. The number of nitriles is 1. The van der Waals surface area contributed by atoms with Crippen LogP contribution in [-0.4, -0.2) is 22.6 Å². The molecular weight excluding hydrogens is 372 g/mol. The summed E-state index contributed by atoms with van der Waals surface area (Å²) in [6.45, 7) is 5.80. The van der Waals surface area contributed by atoms with E-state index < -0.39 is 11.8 Å². The van der Waals surface area contributed by atoms with Crippen LogP contribution in [0.2, 0.25) is 0 Å². The van der Waals surface area contributed by atoms with Crippen molar-refractivity contribution in [1.82, 2.24) is 10.4 Å². The lowest BCUT2D eigenvalue weighted by molar-refractivity contribution is -0.117. The molecule has 4 N–H and O–H groups in total. The van der Waals surface area contributed by atoms with Gasteiger partial charge in [0.15, 0.2) is 0 Å². The van der Waals surface area contributed by atoms with E-state index in [1.807, 2.05) is 19.9 Å². The van der Waals surface area contributed by atoms with Crippen LogP contribution in [-0.2, 0) is 4.79 Å². The Morgan fingerprint density at radius 1 is 1.48 bits per heavy atom. The van der Waals surface area contributed by atoms with Crippen molar-refractivity contribution < 1.29 is 14.6 Å². The molecule has 1 aromatic heterocycles. The Morgan fingerprint density at radius 3 is 2.86 bits per heavy atom. The SMILES string of the molecule is CCOc1ncc(C)c2c1C(c1ccc(C#N)cc1O)C(C(=O)NN=N)=C(C)N2. The van der Waals surface area contributed by atoms with E-state index in [2.05, 4.69) is 20.9 Å². The molecule has 9 heteroatoms. The van der Waals surface area contributed by atoms with E-state index in [4.69, 9.17) is 15.5 Å². The first kappa shape index (κ1) is 19.8. The van der Waals surface area contributed by atoms with E-state index in [0.29, 0.717) is 34.9 Å². The van der Waals surface area contributed by atoms with Gasteiger partial charge in [-0.25, -0.2) is 10.4 Å². The van der Waals surface area contributed by atoms with Crippen molar-refractivity contribution in [2.75, 3.05) is 11.9 Å². The quantitative estimate of drug-likeness (QED) is 0.454. The summed E-state index contributed by atoms with van der Waals surface area (Å²) in [7, 11) is 0. The third-order valence-electron chi connectivity index (χ3n) is 4.72. The summed E-state index contributed by atoms with van der Waals surface area (Å²) in [6, 6.07) is 6.50. The molecule has 0 aliphatic carbocycles. The topological polar surface area (TPSA) is 143 Å². The molecule has 1 aliphatic heterocycles. The number of carbonyl (C=O) groups is 1. The largest absolute Gasteiger partial charge is 0.508 e. The minimum Gasteiger partial charge on any atom is -0.508 e. The molecule has 0 spiro atoms. The summed E-state index contributed by atoms with van der Waals surface area (Å²) in [6.07, 6.45) is 1.67. The summed E-state index contributed by atoms with van der Waals surface area (Å²) in [4.78, 5) is 17.1. The molecule has 148 valence electrons. The molecule has 1 atom stereocenters. The molecule has 0 bridgehead atoms. The van der Waals surface area contributed by atoms with Crippen LogP contribution in [0.5, 0.6) is 11.6 Å². The van der Waals surface area contributed by atoms with Crippen molar-refractivity contribution in [2.45, 2.75) is 26.7 Å². The predicted octanol–water partition coefficient (Wildman–Crippen LogP) is 3.26. The van der Waals surface area contributed by atoms with Gasteiger partial charge in [-0.3, -0.25) is 4.79 Å². The van der Waals surface area contributed by atoms with Gasteiger partial charge in [0.1, 0.15) is 5.75 Å². The van der Waals surface area contributed by atoms with Crippen LogP contribution < -0.4 is 15.5 Å². The van der Waals surface area contributed by atoms with Gasteiger partial charge in [0.2, 0.25) is 5.88 Å². The van der Waals surface area contributed by atoms with E-state index in [0.717, 1.165) is 11.3 Å². The van der Waals surface area contributed by atoms with Gasteiger partial charge >= 0.3 is 0 Å². The summed E-state index contributed by atoms with van der Waals surface area (Å²) in [5.74, 6) is -1.13. The number of benzene rings is 1. The fourth-order valence-electron chi connectivity index (χ4n) is 3.49. The molecular formula is C20H20N6O3. The minimum atomic E-state index is -0.741. The van der Waals surface area contributed by atoms with E-state index >= 15 is 0 Å². The molecule has 2 heterocycles. The van der Waals surface area contributed by atoms with Crippen LogP contribution in [0.1, 0.15) is 42.0 Å². The third kappa shape index (κ3) is 3.48. The molecule has 1 aromatic carbocycles. The van der Waals surface area contributed by atoms with Crippen molar-refractivity contribution in [3.63, 3.8) is 0 Å². The zero-order valence-electron chi connectivity index (χ0n) is 16.2. The maximum atomic E-state index is 12.8. The number of nitrogens with one attached hydrogen (secondary N) is 3. The maximum Gasteiger partial charge on any atom is 0.271 e. The molecule has 2 aromatic rings. The number of fused-ring (bicyclic) bond motifs is 1. The van der Waals surface area contributed by atoms with Crippen LogP contribution in [0.15, 0.2) is 40.9 Å². The van der Waals surface area contributed by atoms with Crippen molar-refractivity contribution in [2.24, 2.45) is 5.22 Å². The Kier molecular flexibility index (Phi) is 5.45. The fourth-order valence-corrected chi connectivity index (χ4v) is 3.49. The number of aromatic hydroxyl groups is 1. The molecule has 3 rings (SSSR count). The lowest BCUT2D eigenvalue weighted by Crippen LogP contribution is -2.30. The van der Waals surface area contributed by atoms with Crippen LogP contribution in [0.25, 0.3) is 0 Å². The van der Waals surface area contributed by atoms with Gasteiger partial charge in [0, 0.05) is 17.5 Å². The molecule has 29 heavy (non-hydrogen) atoms. The number of aryl methyl sites for hydroxylation is 1. The highest BCUT2D eigenvalue weighted by Crippen LogP contribution is 2.48. The van der Waals surface area contributed by atoms with Gasteiger partial charge in [-0.05, 0) is 38.5 Å². The van der Waals surface area contributed by atoms with Crippen molar-refractivity contribution in [1.29, 1.82) is 10.8 Å². The monoisotopic (exact) mass is 392 g/mol. The Labute approximate surface area is 167 Å². The number of allylic oxidation sites excluding steroid dienone is 1. The number of nitrogens with zero attached hydrogens (tertiary/aromatic N) is 3. The molecule has 9 nitrogen and oxygen atoms in total. The molecule has 0 saturated carbocycles. The van der Waals surface area contributed by atoms with Crippen molar-refractivity contribution >= 4 is 11.6 Å². The second-order valence-electron chi connectivity index (χ2n) is 6.50. The summed E-state index contributed by atoms with van der Waals surface area (Å²) < 4.78 is 5.72. The fraction of sp³-hybridized carbons (Fsp3) is 0.250. The van der Waals surface area contributed by atoms with Gasteiger partial charge in [-0.1, -0.05) is 11.3 Å². The number of aromatic nitrogens is 1. The van der Waals surface area contributed by atoms with E-state index in [1.165, 1.54) is 6.07 Å². The number of phenols is 1. The average molecular weight is 392 g/mol. The van der Waals surface area contributed by atoms with E-state index in [9.17, 15) is 9.90 Å². The number of hydrogen-bond acceptors (Lipinski definition) is 8. The molecule has 1 unspecified atom stereocenters. The number of phenolic OH excluding ortho intramolecular Hbond substituents is 1. The molecule has 0 radical (unpaired) electrons. The summed E-state index contributed by atoms with van der Waals surface area (Å²) >= 11 is 0. The first-order valence-electron chi connectivity index (χ1n) is 8.92. The minimum absolute atomic E-state index is 0.133. The van der Waals surface area contributed by atoms with E-state index in [-0.39, 0.29) is 11.3 Å². The highest BCUT2D eigenvalue weighted by atomic mass is 16.5. The molecule has 1 aliphatic rings. The Morgan fingerprint density at radius 2 is 2.24 bits per heavy atom. The highest BCUT2D eigenvalue weighted by Gasteiger charge is 2.37. The molecule has 0 fully saturated rings. The zero-order chi connectivity index (χ0) is 21.1. The number of carbonyl (C=O) groups excluding carboxylic acids is 1. The number of hydrogen-bond donors (Lipinski definition) is 4. The summed E-state index contributed by atoms with van der Waals surface area (Å²) in [5.41, 5.74) is 12.8. The van der Waals surface area contributed by atoms with Crippen LogP contribution in [0.3, 0.4) is 0 Å². The van der Waals surface area contributed by atoms with Crippen LogP contribution >= 0.6 is 0 Å². The number of ether oxygens (including phenoxy) is 1. The number of anilines is 1. The Bertz CT molecular complexity index is 1070. The number of amides is 1. The van der Waals surface area contributed by atoms with Gasteiger partial charge in [-0.2, -0.15) is 10.8 Å². The smallest absolute Gasteiger partial charge is 0.271 e. The molecule has 1 amide bonds. The Balaban J connectivity index is 2.34. The average Bonchev–Trinajstić information content (AvgIpc) is 2.69. The lowest BCUT2D eigenvalue weighted by Gasteiger charge is -2.32. The van der Waals surface area contributed by atoms with E-state index in [1.54, 1.807) is 25.3 Å². The van der Waals surface area contributed by atoms with Crippen molar-refractivity contribution in [3.8, 4) is 17.7 Å². The van der Waals surface area contributed by atoms with Crippen LogP contribution in [0, 0.1) is 23.8 Å².